The van der Waals surface area contributed by atoms with Crippen LogP contribution in [0.5, 0.6) is 23.0 Å². The van der Waals surface area contributed by atoms with Crippen molar-refractivity contribution in [3.05, 3.63) is 35.9 Å². The molecule has 0 bridgehead atoms. The van der Waals surface area contributed by atoms with Crippen molar-refractivity contribution in [2.24, 2.45) is 0 Å². The van der Waals surface area contributed by atoms with Gasteiger partial charge in [-0.2, -0.15) is 0 Å². The highest BCUT2D eigenvalue weighted by Gasteiger charge is 2.13. The summed E-state index contributed by atoms with van der Waals surface area (Å²) in [5.74, 6) is -3.16. The summed E-state index contributed by atoms with van der Waals surface area (Å²) in [6.07, 6.45) is 0. The van der Waals surface area contributed by atoms with Crippen LogP contribution >= 0.6 is 0 Å². The topological polar surface area (TPSA) is 130 Å². The molecule has 6 N–H and O–H groups in total. The maximum Gasteiger partial charge on any atom is 0.337 e. The first kappa shape index (κ1) is 13.3. The molecule has 7 nitrogen and oxygen atoms in total. The van der Waals surface area contributed by atoms with Crippen molar-refractivity contribution in [3.8, 4) is 23.0 Å². The van der Waals surface area contributed by atoms with Crippen LogP contribution in [0.4, 0.5) is 11.4 Å². The third kappa shape index (κ3) is 2.51. The summed E-state index contributed by atoms with van der Waals surface area (Å²) in [6.45, 7) is 0. The van der Waals surface area contributed by atoms with Gasteiger partial charge in [0.25, 0.3) is 0 Å². The summed E-state index contributed by atoms with van der Waals surface area (Å²) >= 11 is 0. The van der Waals surface area contributed by atoms with Crippen molar-refractivity contribution < 1.29 is 30.3 Å². The zero-order valence-corrected chi connectivity index (χ0v) is 10.0. The van der Waals surface area contributed by atoms with Crippen molar-refractivity contribution in [2.75, 3.05) is 5.32 Å². The molecule has 0 unspecified atom stereocenters. The number of carboxylic acids is 1. The molecular weight excluding hydrogens is 266 g/mol. The van der Waals surface area contributed by atoms with Crippen LogP contribution in [0, 0.1) is 0 Å². The Morgan fingerprint density at radius 1 is 0.950 bits per heavy atom. The van der Waals surface area contributed by atoms with Gasteiger partial charge in [-0.15, -0.1) is 0 Å². The minimum Gasteiger partial charge on any atom is -0.508 e. The van der Waals surface area contributed by atoms with Gasteiger partial charge in [-0.3, -0.25) is 0 Å². The van der Waals surface area contributed by atoms with E-state index in [9.17, 15) is 25.2 Å². The quantitative estimate of drug-likeness (QED) is 0.373. The summed E-state index contributed by atoms with van der Waals surface area (Å²) in [7, 11) is 0. The molecule has 2 aromatic rings. The van der Waals surface area contributed by atoms with E-state index in [1.807, 2.05) is 0 Å². The molecule has 0 aliphatic carbocycles. The molecule has 0 aromatic heterocycles. The normalized spacial score (nSPS) is 10.2. The molecule has 0 radical (unpaired) electrons. The highest BCUT2D eigenvalue weighted by atomic mass is 16.4. The van der Waals surface area contributed by atoms with Crippen molar-refractivity contribution in [1.82, 2.24) is 0 Å². The summed E-state index contributed by atoms with van der Waals surface area (Å²) in [6, 6.07) is 5.82. The SMILES string of the molecule is O=C(O)c1ccc(O)cc1Nc1cc(O)c(O)c(O)c1. The highest BCUT2D eigenvalue weighted by molar-refractivity contribution is 5.95. The van der Waals surface area contributed by atoms with Gasteiger partial charge in [0.15, 0.2) is 17.2 Å². The third-order valence-electron chi connectivity index (χ3n) is 2.58. The highest BCUT2D eigenvalue weighted by Crippen LogP contribution is 2.38. The average Bonchev–Trinajstić information content (AvgIpc) is 2.35. The van der Waals surface area contributed by atoms with Gasteiger partial charge in [-0.1, -0.05) is 0 Å². The maximum absolute atomic E-state index is 11.1. The molecule has 0 amide bonds. The third-order valence-corrected chi connectivity index (χ3v) is 2.58. The summed E-state index contributed by atoms with van der Waals surface area (Å²) in [5.41, 5.74) is 0.114. The molecule has 104 valence electrons. The summed E-state index contributed by atoms with van der Waals surface area (Å²) in [4.78, 5) is 11.1. The van der Waals surface area contributed by atoms with Gasteiger partial charge < -0.3 is 30.8 Å². The molecule has 0 aliphatic rings. The molecule has 0 spiro atoms. The Labute approximate surface area is 113 Å². The standard InChI is InChI=1S/C13H11NO6/c15-7-1-2-8(13(19)20)9(5-7)14-6-3-10(16)12(18)11(17)4-6/h1-5,14-18H,(H,19,20). The van der Waals surface area contributed by atoms with Gasteiger partial charge in [0.2, 0.25) is 0 Å². The van der Waals surface area contributed by atoms with Crippen LogP contribution in [-0.2, 0) is 0 Å². The Morgan fingerprint density at radius 2 is 1.55 bits per heavy atom. The van der Waals surface area contributed by atoms with Crippen LogP contribution in [0.15, 0.2) is 30.3 Å². The first-order valence-electron chi connectivity index (χ1n) is 5.46. The number of anilines is 2. The van der Waals surface area contributed by atoms with Crippen LogP contribution in [0.25, 0.3) is 0 Å². The molecule has 0 heterocycles. The van der Waals surface area contributed by atoms with Gasteiger partial charge in [0.05, 0.1) is 11.3 Å². The number of benzene rings is 2. The van der Waals surface area contributed by atoms with Gasteiger partial charge in [0, 0.05) is 23.9 Å². The summed E-state index contributed by atoms with van der Waals surface area (Å²) in [5, 5.41) is 49.0. The van der Waals surface area contributed by atoms with Crippen LogP contribution < -0.4 is 5.32 Å². The molecule has 2 aromatic carbocycles. The fourth-order valence-corrected chi connectivity index (χ4v) is 1.65. The van der Waals surface area contributed by atoms with Crippen molar-refractivity contribution >= 4 is 17.3 Å². The Balaban J connectivity index is 2.44. The first-order chi connectivity index (χ1) is 9.38. The zero-order chi connectivity index (χ0) is 14.9. The number of carboxylic acid groups (broad SMARTS) is 1. The second-order valence-electron chi connectivity index (χ2n) is 4.02. The lowest BCUT2D eigenvalue weighted by atomic mass is 10.1. The Morgan fingerprint density at radius 3 is 2.10 bits per heavy atom. The smallest absolute Gasteiger partial charge is 0.337 e. The van der Waals surface area contributed by atoms with E-state index >= 15 is 0 Å². The van der Waals surface area contributed by atoms with Crippen LogP contribution in [-0.4, -0.2) is 31.5 Å². The fraction of sp³-hybridized carbons (Fsp3) is 0. The van der Waals surface area contributed by atoms with Crippen molar-refractivity contribution in [3.63, 3.8) is 0 Å². The van der Waals surface area contributed by atoms with E-state index in [2.05, 4.69) is 5.32 Å². The molecule has 0 fully saturated rings. The Bertz CT molecular complexity index is 660. The fourth-order valence-electron chi connectivity index (χ4n) is 1.65. The largest absolute Gasteiger partial charge is 0.508 e. The van der Waals surface area contributed by atoms with Crippen molar-refractivity contribution in [2.45, 2.75) is 0 Å². The number of phenols is 4. The zero-order valence-electron chi connectivity index (χ0n) is 10.0. The molecule has 0 saturated heterocycles. The van der Waals surface area contributed by atoms with E-state index in [1.54, 1.807) is 0 Å². The number of hydrogen-bond donors (Lipinski definition) is 6. The van der Waals surface area contributed by atoms with Gasteiger partial charge in [-0.05, 0) is 12.1 Å². The lowest BCUT2D eigenvalue weighted by Crippen LogP contribution is -2.02. The molecule has 2 rings (SSSR count). The van der Waals surface area contributed by atoms with Crippen LogP contribution in [0.2, 0.25) is 0 Å². The first-order valence-corrected chi connectivity index (χ1v) is 5.46. The molecule has 0 aliphatic heterocycles. The minimum absolute atomic E-state index is 0.0713. The van der Waals surface area contributed by atoms with Gasteiger partial charge in [-0.25, -0.2) is 4.79 Å². The minimum atomic E-state index is -1.21. The average molecular weight is 277 g/mol. The van der Waals surface area contributed by atoms with E-state index in [0.29, 0.717) is 0 Å². The van der Waals surface area contributed by atoms with E-state index in [-0.39, 0.29) is 22.7 Å². The second kappa shape index (κ2) is 4.88. The molecule has 7 heteroatoms. The summed E-state index contributed by atoms with van der Waals surface area (Å²) < 4.78 is 0. The number of carbonyl (C=O) groups is 1. The molecule has 20 heavy (non-hydrogen) atoms. The predicted octanol–water partition coefficient (Wildman–Crippen LogP) is 1.95. The van der Waals surface area contributed by atoms with Crippen molar-refractivity contribution in [1.29, 1.82) is 0 Å². The number of aromatic hydroxyl groups is 4. The lowest BCUT2D eigenvalue weighted by Gasteiger charge is -2.11. The van der Waals surface area contributed by atoms with E-state index in [4.69, 9.17) is 5.11 Å². The van der Waals surface area contributed by atoms with E-state index in [1.165, 1.54) is 18.2 Å². The lowest BCUT2D eigenvalue weighted by molar-refractivity contribution is 0.0698. The van der Waals surface area contributed by atoms with E-state index in [0.717, 1.165) is 12.1 Å². The number of hydrogen-bond acceptors (Lipinski definition) is 6. The maximum atomic E-state index is 11.1. The van der Waals surface area contributed by atoms with Gasteiger partial charge >= 0.3 is 5.97 Å². The predicted molar refractivity (Wildman–Crippen MR) is 69.8 cm³/mol. The van der Waals surface area contributed by atoms with Gasteiger partial charge in [0.1, 0.15) is 5.75 Å². The molecular formula is C13H11NO6. The Hall–Kier alpha value is -3.09. The number of phenolic OH excluding ortho intramolecular Hbond substituents is 4. The number of aromatic carboxylic acids is 1. The molecule has 0 atom stereocenters. The number of rotatable bonds is 3. The number of nitrogens with one attached hydrogen (secondary N) is 1. The van der Waals surface area contributed by atoms with Crippen LogP contribution in [0.3, 0.4) is 0 Å². The van der Waals surface area contributed by atoms with Crippen LogP contribution in [0.1, 0.15) is 10.4 Å². The molecule has 0 saturated carbocycles. The monoisotopic (exact) mass is 277 g/mol. The second-order valence-corrected chi connectivity index (χ2v) is 4.02. The Kier molecular flexibility index (Phi) is 3.26. The van der Waals surface area contributed by atoms with E-state index < -0.39 is 23.2 Å².